The molecule has 0 radical (unpaired) electrons. The van der Waals surface area contributed by atoms with Gasteiger partial charge in [0, 0.05) is 22.5 Å². The maximum Gasteiger partial charge on any atom is 0.273 e. The molecule has 0 spiro atoms. The Morgan fingerprint density at radius 1 is 1.38 bits per heavy atom. The molecule has 0 bridgehead atoms. The Labute approximate surface area is 132 Å². The highest BCUT2D eigenvalue weighted by Gasteiger charge is 2.33. The summed E-state index contributed by atoms with van der Waals surface area (Å²) in [5.74, 6) is -0.237. The van der Waals surface area contributed by atoms with Crippen molar-refractivity contribution in [1.29, 1.82) is 0 Å². The van der Waals surface area contributed by atoms with Gasteiger partial charge in [-0.2, -0.15) is 0 Å². The zero-order valence-electron chi connectivity index (χ0n) is 12.0. The monoisotopic (exact) mass is 354 g/mol. The second-order valence-electron chi connectivity index (χ2n) is 5.69. The molecule has 1 aliphatic rings. The van der Waals surface area contributed by atoms with Crippen LogP contribution in [-0.4, -0.2) is 21.7 Å². The Balaban J connectivity index is 2.20. The molecule has 0 heterocycles. The number of nitrogens with one attached hydrogen (secondary N) is 1. The van der Waals surface area contributed by atoms with Gasteiger partial charge in [-0.3, -0.25) is 14.9 Å². The molecular formula is C15H19BrN2O3. The first-order chi connectivity index (χ1) is 9.97. The van der Waals surface area contributed by atoms with Gasteiger partial charge >= 0.3 is 0 Å². The maximum absolute atomic E-state index is 12.4. The molecule has 0 atom stereocenters. The quantitative estimate of drug-likeness (QED) is 0.508. The van der Waals surface area contributed by atoms with E-state index in [1.165, 1.54) is 12.5 Å². The highest BCUT2D eigenvalue weighted by atomic mass is 79.9. The van der Waals surface area contributed by atoms with E-state index < -0.39 is 4.92 Å². The number of amides is 1. The van der Waals surface area contributed by atoms with Crippen LogP contribution in [0.4, 0.5) is 5.69 Å². The molecule has 1 aromatic carbocycles. The molecule has 1 aliphatic carbocycles. The van der Waals surface area contributed by atoms with Gasteiger partial charge in [0.1, 0.15) is 0 Å². The number of halogens is 1. The van der Waals surface area contributed by atoms with Crippen molar-refractivity contribution in [2.45, 2.75) is 44.6 Å². The minimum Gasteiger partial charge on any atom is -0.346 e. The van der Waals surface area contributed by atoms with Gasteiger partial charge in [0.15, 0.2) is 0 Å². The molecule has 0 saturated heterocycles. The summed E-state index contributed by atoms with van der Waals surface area (Å²) >= 11 is 3.50. The van der Waals surface area contributed by atoms with Gasteiger partial charge in [-0.25, -0.2) is 0 Å². The first kappa shape index (κ1) is 15.9. The van der Waals surface area contributed by atoms with E-state index in [1.807, 2.05) is 0 Å². The van der Waals surface area contributed by atoms with Gasteiger partial charge in [-0.1, -0.05) is 41.3 Å². The summed E-state index contributed by atoms with van der Waals surface area (Å²) in [5, 5.41) is 14.8. The van der Waals surface area contributed by atoms with E-state index in [9.17, 15) is 14.9 Å². The number of rotatable bonds is 4. The molecule has 6 heteroatoms. The zero-order chi connectivity index (χ0) is 15.5. The summed E-state index contributed by atoms with van der Waals surface area (Å²) in [6, 6.07) is 4.62. The molecule has 1 amide bonds. The number of hydrogen-bond donors (Lipinski definition) is 1. The maximum atomic E-state index is 12.4. The van der Waals surface area contributed by atoms with Crippen molar-refractivity contribution in [2.75, 3.05) is 5.33 Å². The second kappa shape index (κ2) is 6.56. The molecule has 1 aromatic rings. The van der Waals surface area contributed by atoms with E-state index in [2.05, 4.69) is 21.2 Å². The molecule has 21 heavy (non-hydrogen) atoms. The van der Waals surface area contributed by atoms with Gasteiger partial charge in [-0.15, -0.1) is 0 Å². The van der Waals surface area contributed by atoms with Gasteiger partial charge in [0.05, 0.1) is 10.5 Å². The molecule has 1 fully saturated rings. The fourth-order valence-corrected chi connectivity index (χ4v) is 3.48. The fourth-order valence-electron chi connectivity index (χ4n) is 2.78. The first-order valence-corrected chi connectivity index (χ1v) is 8.23. The lowest BCUT2D eigenvalue weighted by Gasteiger charge is -2.36. The number of hydrogen-bond acceptors (Lipinski definition) is 3. The topological polar surface area (TPSA) is 72.2 Å². The summed E-state index contributed by atoms with van der Waals surface area (Å²) in [6.07, 6.45) is 5.27. The van der Waals surface area contributed by atoms with Crippen LogP contribution in [0.5, 0.6) is 0 Å². The molecule has 114 valence electrons. The average molecular weight is 355 g/mol. The lowest BCUT2D eigenvalue weighted by Crippen LogP contribution is -2.51. The predicted molar refractivity (Wildman–Crippen MR) is 84.9 cm³/mol. The van der Waals surface area contributed by atoms with Gasteiger partial charge in [-0.05, 0) is 25.8 Å². The lowest BCUT2D eigenvalue weighted by atomic mass is 9.83. The molecule has 0 aromatic heterocycles. The minimum atomic E-state index is -0.451. The Bertz CT molecular complexity index is 554. The van der Waals surface area contributed by atoms with Crippen LogP contribution in [-0.2, 0) is 0 Å². The third-order valence-corrected chi connectivity index (χ3v) is 5.19. The van der Waals surface area contributed by atoms with E-state index in [4.69, 9.17) is 0 Å². The smallest absolute Gasteiger partial charge is 0.273 e. The number of nitrogens with zero attached hydrogens (tertiary/aromatic N) is 1. The number of aryl methyl sites for hydroxylation is 1. The normalized spacial score (nSPS) is 17.2. The summed E-state index contributed by atoms with van der Waals surface area (Å²) in [5.41, 5.74) is 0.663. The second-order valence-corrected chi connectivity index (χ2v) is 6.25. The van der Waals surface area contributed by atoms with E-state index in [-0.39, 0.29) is 17.1 Å². The van der Waals surface area contributed by atoms with Gasteiger partial charge in [0.25, 0.3) is 11.6 Å². The van der Waals surface area contributed by atoms with Crippen molar-refractivity contribution < 1.29 is 9.72 Å². The first-order valence-electron chi connectivity index (χ1n) is 7.11. The number of alkyl halides is 1. The van der Waals surface area contributed by atoms with Crippen molar-refractivity contribution in [1.82, 2.24) is 5.32 Å². The SMILES string of the molecule is Cc1ccc(C(=O)NC2(CBr)CCCCC2)cc1[N+](=O)[O-]. The van der Waals surface area contributed by atoms with Crippen LogP contribution in [0.1, 0.15) is 48.0 Å². The van der Waals surface area contributed by atoms with Crippen molar-refractivity contribution in [3.8, 4) is 0 Å². The van der Waals surface area contributed by atoms with Crippen LogP contribution < -0.4 is 5.32 Å². The van der Waals surface area contributed by atoms with Crippen LogP contribution in [0, 0.1) is 17.0 Å². The van der Waals surface area contributed by atoms with Crippen molar-refractivity contribution in [3.05, 3.63) is 39.4 Å². The molecule has 2 rings (SSSR count). The number of nitro benzene ring substituents is 1. The van der Waals surface area contributed by atoms with Crippen molar-refractivity contribution in [3.63, 3.8) is 0 Å². The van der Waals surface area contributed by atoms with Crippen LogP contribution >= 0.6 is 15.9 Å². The van der Waals surface area contributed by atoms with Crippen molar-refractivity contribution >= 4 is 27.5 Å². The van der Waals surface area contributed by atoms with Crippen LogP contribution in [0.15, 0.2) is 18.2 Å². The molecule has 1 saturated carbocycles. The molecule has 0 unspecified atom stereocenters. The number of benzene rings is 1. The minimum absolute atomic E-state index is 0.0146. The van der Waals surface area contributed by atoms with E-state index in [0.29, 0.717) is 16.5 Å². The number of carbonyl (C=O) groups excluding carboxylic acids is 1. The third-order valence-electron chi connectivity index (χ3n) is 4.11. The molecule has 0 aliphatic heterocycles. The lowest BCUT2D eigenvalue weighted by molar-refractivity contribution is -0.385. The van der Waals surface area contributed by atoms with Gasteiger partial charge < -0.3 is 5.32 Å². The fraction of sp³-hybridized carbons (Fsp3) is 0.533. The summed E-state index contributed by atoms with van der Waals surface area (Å²) in [6.45, 7) is 1.67. The van der Waals surface area contributed by atoms with E-state index in [1.54, 1.807) is 19.1 Å². The highest BCUT2D eigenvalue weighted by Crippen LogP contribution is 2.30. The standard InChI is InChI=1S/C15H19BrN2O3/c1-11-5-6-12(9-13(11)18(20)21)14(19)17-15(10-16)7-3-2-4-8-15/h5-6,9H,2-4,7-8,10H2,1H3,(H,17,19). The van der Waals surface area contributed by atoms with Crippen LogP contribution in [0.3, 0.4) is 0 Å². The highest BCUT2D eigenvalue weighted by molar-refractivity contribution is 9.09. The van der Waals surface area contributed by atoms with E-state index in [0.717, 1.165) is 25.7 Å². The largest absolute Gasteiger partial charge is 0.346 e. The van der Waals surface area contributed by atoms with E-state index >= 15 is 0 Å². The summed E-state index contributed by atoms with van der Waals surface area (Å²) in [4.78, 5) is 22.9. The Kier molecular flexibility index (Phi) is 4.98. The number of nitro groups is 1. The Morgan fingerprint density at radius 2 is 2.05 bits per heavy atom. The van der Waals surface area contributed by atoms with Gasteiger partial charge in [0.2, 0.25) is 0 Å². The summed E-state index contributed by atoms with van der Waals surface area (Å²) < 4.78 is 0. The zero-order valence-corrected chi connectivity index (χ0v) is 13.6. The number of carbonyl (C=O) groups is 1. The predicted octanol–water partition coefficient (Wildman–Crippen LogP) is 3.73. The van der Waals surface area contributed by atoms with Crippen LogP contribution in [0.2, 0.25) is 0 Å². The Hall–Kier alpha value is -1.43. The average Bonchev–Trinajstić information content (AvgIpc) is 2.48. The van der Waals surface area contributed by atoms with Crippen LogP contribution in [0.25, 0.3) is 0 Å². The molecule has 1 N–H and O–H groups in total. The Morgan fingerprint density at radius 3 is 2.62 bits per heavy atom. The summed E-state index contributed by atoms with van der Waals surface area (Å²) in [7, 11) is 0. The third kappa shape index (κ3) is 3.61. The molecule has 5 nitrogen and oxygen atoms in total. The molecular weight excluding hydrogens is 336 g/mol. The van der Waals surface area contributed by atoms with Crippen molar-refractivity contribution in [2.24, 2.45) is 0 Å².